The minimum Gasteiger partial charge on any atom is -0.388 e. The van der Waals surface area contributed by atoms with Gasteiger partial charge in [0.05, 0.1) is 25.1 Å². The van der Waals surface area contributed by atoms with Gasteiger partial charge in [-0.15, -0.1) is 0 Å². The standard InChI is InChI=1S/C23H32N4O4/c1-18(19-6-4-3-5-7-19)14-21(28)26-11-8-23(30,9-12-26)16-27-17-25-20(15-22(27)29)24-10-13-31-2/h3-7,15,17-18,24,30H,8-14,16H2,1-2H3/t18-/m1/s1. The Morgan fingerprint density at radius 3 is 2.65 bits per heavy atom. The van der Waals surface area contributed by atoms with Crippen molar-refractivity contribution in [2.75, 3.05) is 38.7 Å². The molecule has 8 heteroatoms. The second-order valence-corrected chi connectivity index (χ2v) is 8.28. The van der Waals surface area contributed by atoms with E-state index in [2.05, 4.69) is 17.2 Å². The summed E-state index contributed by atoms with van der Waals surface area (Å²) < 4.78 is 6.39. The molecule has 0 aliphatic carbocycles. The van der Waals surface area contributed by atoms with Crippen LogP contribution in [0.25, 0.3) is 0 Å². The van der Waals surface area contributed by atoms with E-state index in [1.165, 1.54) is 17.0 Å². The lowest BCUT2D eigenvalue weighted by molar-refractivity contribution is -0.136. The Labute approximate surface area is 182 Å². The maximum Gasteiger partial charge on any atom is 0.255 e. The quantitative estimate of drug-likeness (QED) is 0.592. The number of nitrogens with one attached hydrogen (secondary N) is 1. The van der Waals surface area contributed by atoms with Crippen molar-refractivity contribution < 1.29 is 14.6 Å². The molecule has 0 spiro atoms. The average molecular weight is 429 g/mol. The molecule has 8 nitrogen and oxygen atoms in total. The molecule has 2 heterocycles. The number of rotatable bonds is 9. The van der Waals surface area contributed by atoms with Gasteiger partial charge in [-0.1, -0.05) is 37.3 Å². The number of carbonyl (C=O) groups excluding carboxylic acids is 1. The molecule has 1 saturated heterocycles. The molecule has 1 aliphatic rings. The van der Waals surface area contributed by atoms with Crippen LogP contribution in [0.5, 0.6) is 0 Å². The van der Waals surface area contributed by atoms with E-state index in [9.17, 15) is 14.7 Å². The van der Waals surface area contributed by atoms with Crippen molar-refractivity contribution >= 4 is 11.7 Å². The molecule has 0 unspecified atom stereocenters. The lowest BCUT2D eigenvalue weighted by Crippen LogP contribution is -2.49. The summed E-state index contributed by atoms with van der Waals surface area (Å²) in [6.45, 7) is 4.26. The summed E-state index contributed by atoms with van der Waals surface area (Å²) in [6.07, 6.45) is 2.76. The lowest BCUT2D eigenvalue weighted by Gasteiger charge is -2.38. The van der Waals surface area contributed by atoms with E-state index in [-0.39, 0.29) is 23.9 Å². The molecule has 2 N–H and O–H groups in total. The Morgan fingerprint density at radius 2 is 2.00 bits per heavy atom. The van der Waals surface area contributed by atoms with Gasteiger partial charge in [-0.25, -0.2) is 4.98 Å². The van der Waals surface area contributed by atoms with E-state index in [0.29, 0.717) is 51.3 Å². The van der Waals surface area contributed by atoms with Crippen LogP contribution in [0.2, 0.25) is 0 Å². The second-order valence-electron chi connectivity index (χ2n) is 8.28. The van der Waals surface area contributed by atoms with Crippen molar-refractivity contribution in [2.45, 2.75) is 44.2 Å². The van der Waals surface area contributed by atoms with Crippen molar-refractivity contribution in [3.8, 4) is 0 Å². The maximum absolute atomic E-state index is 12.7. The van der Waals surface area contributed by atoms with E-state index in [0.717, 1.165) is 5.56 Å². The third-order valence-electron chi connectivity index (χ3n) is 5.85. The molecule has 0 radical (unpaired) electrons. The van der Waals surface area contributed by atoms with Gasteiger partial charge in [0.1, 0.15) is 5.82 Å². The van der Waals surface area contributed by atoms with Crippen LogP contribution in [0, 0.1) is 0 Å². The van der Waals surface area contributed by atoms with Gasteiger partial charge in [0, 0.05) is 39.2 Å². The van der Waals surface area contributed by atoms with Gasteiger partial charge in [0.2, 0.25) is 5.91 Å². The zero-order chi connectivity index (χ0) is 22.3. The fraction of sp³-hybridized carbons (Fsp3) is 0.522. The van der Waals surface area contributed by atoms with Crippen molar-refractivity contribution in [1.82, 2.24) is 14.5 Å². The Balaban J connectivity index is 1.52. The number of amides is 1. The summed E-state index contributed by atoms with van der Waals surface area (Å²) in [4.78, 5) is 31.2. The Morgan fingerprint density at radius 1 is 1.29 bits per heavy atom. The number of carbonyl (C=O) groups is 1. The number of methoxy groups -OCH3 is 1. The predicted octanol–water partition coefficient (Wildman–Crippen LogP) is 1.85. The normalized spacial score (nSPS) is 16.7. The van der Waals surface area contributed by atoms with Crippen molar-refractivity contribution in [3.05, 3.63) is 58.6 Å². The van der Waals surface area contributed by atoms with Crippen molar-refractivity contribution in [3.63, 3.8) is 0 Å². The van der Waals surface area contributed by atoms with Gasteiger partial charge in [-0.2, -0.15) is 0 Å². The smallest absolute Gasteiger partial charge is 0.255 e. The molecule has 1 aliphatic heterocycles. The van der Waals surface area contributed by atoms with Crippen molar-refractivity contribution in [1.29, 1.82) is 0 Å². The van der Waals surface area contributed by atoms with Crippen LogP contribution in [-0.4, -0.2) is 64.4 Å². The van der Waals surface area contributed by atoms with Crippen molar-refractivity contribution in [2.24, 2.45) is 0 Å². The second kappa shape index (κ2) is 10.5. The first kappa shape index (κ1) is 23.0. The van der Waals surface area contributed by atoms with Gasteiger partial charge in [-0.3, -0.25) is 14.2 Å². The summed E-state index contributed by atoms with van der Waals surface area (Å²) in [6, 6.07) is 11.4. The van der Waals surface area contributed by atoms with Crippen LogP contribution >= 0.6 is 0 Å². The largest absolute Gasteiger partial charge is 0.388 e. The molecule has 0 saturated carbocycles. The van der Waals surface area contributed by atoms with Gasteiger partial charge >= 0.3 is 0 Å². The molecule has 1 atom stereocenters. The number of hydrogen-bond acceptors (Lipinski definition) is 6. The summed E-state index contributed by atoms with van der Waals surface area (Å²) in [5, 5.41) is 14.0. The number of likely N-dealkylation sites (tertiary alicyclic amines) is 1. The number of piperidine rings is 1. The zero-order valence-corrected chi connectivity index (χ0v) is 18.3. The first-order valence-electron chi connectivity index (χ1n) is 10.7. The van der Waals surface area contributed by atoms with Gasteiger partial charge < -0.3 is 20.1 Å². The van der Waals surface area contributed by atoms with Gasteiger partial charge in [0.15, 0.2) is 0 Å². The molecule has 2 aromatic rings. The summed E-state index contributed by atoms with van der Waals surface area (Å²) in [5.74, 6) is 0.733. The van der Waals surface area contributed by atoms with E-state index in [4.69, 9.17) is 4.74 Å². The number of hydrogen-bond donors (Lipinski definition) is 2. The van der Waals surface area contributed by atoms with Crippen LogP contribution in [0.15, 0.2) is 47.5 Å². The highest BCUT2D eigenvalue weighted by atomic mass is 16.5. The SMILES string of the molecule is COCCNc1cc(=O)n(CC2(O)CCN(C(=O)C[C@@H](C)c3ccccc3)CC2)cn1. The highest BCUT2D eigenvalue weighted by Gasteiger charge is 2.34. The first-order valence-corrected chi connectivity index (χ1v) is 10.7. The van der Waals surface area contributed by atoms with Gasteiger partial charge in [0.25, 0.3) is 5.56 Å². The molecule has 1 fully saturated rings. The average Bonchev–Trinajstić information content (AvgIpc) is 2.77. The monoisotopic (exact) mass is 428 g/mol. The number of ether oxygens (including phenoxy) is 1. The molecular formula is C23H32N4O4. The van der Waals surface area contributed by atoms with Gasteiger partial charge in [-0.05, 0) is 24.3 Å². The number of benzene rings is 1. The lowest BCUT2D eigenvalue weighted by atomic mass is 9.90. The number of aromatic nitrogens is 2. The van der Waals surface area contributed by atoms with Crippen LogP contribution in [0.1, 0.15) is 37.7 Å². The van der Waals surface area contributed by atoms with E-state index in [1.54, 1.807) is 7.11 Å². The molecule has 168 valence electrons. The maximum atomic E-state index is 12.7. The Bertz CT molecular complexity index is 907. The minimum atomic E-state index is -1.03. The predicted molar refractivity (Wildman–Crippen MR) is 119 cm³/mol. The molecule has 1 aromatic carbocycles. The summed E-state index contributed by atoms with van der Waals surface area (Å²) >= 11 is 0. The molecule has 1 aromatic heterocycles. The molecular weight excluding hydrogens is 396 g/mol. The molecule has 1 amide bonds. The highest BCUT2D eigenvalue weighted by molar-refractivity contribution is 5.77. The van der Waals surface area contributed by atoms with E-state index < -0.39 is 5.60 Å². The third-order valence-corrected chi connectivity index (χ3v) is 5.85. The number of nitrogens with zero attached hydrogens (tertiary/aromatic N) is 3. The third kappa shape index (κ3) is 6.38. The summed E-state index contributed by atoms with van der Waals surface area (Å²) in [5.41, 5.74) is -0.104. The fourth-order valence-electron chi connectivity index (χ4n) is 3.86. The Hall–Kier alpha value is -2.71. The molecule has 0 bridgehead atoms. The first-order chi connectivity index (χ1) is 14.9. The van der Waals surface area contributed by atoms with E-state index >= 15 is 0 Å². The fourth-order valence-corrected chi connectivity index (χ4v) is 3.86. The number of anilines is 1. The van der Waals surface area contributed by atoms with Crippen LogP contribution in [-0.2, 0) is 16.1 Å². The molecule has 3 rings (SSSR count). The zero-order valence-electron chi connectivity index (χ0n) is 18.3. The Kier molecular flexibility index (Phi) is 7.81. The highest BCUT2D eigenvalue weighted by Crippen LogP contribution is 2.26. The van der Waals surface area contributed by atoms with Crippen LogP contribution in [0.3, 0.4) is 0 Å². The topological polar surface area (TPSA) is 96.7 Å². The molecule has 31 heavy (non-hydrogen) atoms. The number of aliphatic hydroxyl groups is 1. The van der Waals surface area contributed by atoms with Crippen LogP contribution in [0.4, 0.5) is 5.82 Å². The van der Waals surface area contributed by atoms with Crippen LogP contribution < -0.4 is 10.9 Å². The van der Waals surface area contributed by atoms with E-state index in [1.807, 2.05) is 35.2 Å². The minimum absolute atomic E-state index is 0.101. The summed E-state index contributed by atoms with van der Waals surface area (Å²) in [7, 11) is 1.61.